The number of benzene rings is 1. The number of amides is 1. The second kappa shape index (κ2) is 7.29. The van der Waals surface area contributed by atoms with Crippen molar-refractivity contribution in [3.05, 3.63) is 42.4 Å². The number of piperidine rings is 1. The van der Waals surface area contributed by atoms with E-state index in [-0.39, 0.29) is 11.8 Å². The number of aromatic nitrogens is 2. The van der Waals surface area contributed by atoms with Crippen LogP contribution in [0.2, 0.25) is 0 Å². The van der Waals surface area contributed by atoms with Gasteiger partial charge in [-0.2, -0.15) is 0 Å². The van der Waals surface area contributed by atoms with Crippen molar-refractivity contribution in [1.82, 2.24) is 14.9 Å². The third-order valence-corrected chi connectivity index (χ3v) is 4.22. The SMILES string of the molecule is COc1ccc(Oc2nccnc2[C@@H]2CCCN(C(C)=O)C2)cc1. The van der Waals surface area contributed by atoms with E-state index in [1.165, 1.54) is 0 Å². The molecule has 1 amide bonds. The van der Waals surface area contributed by atoms with Crippen LogP contribution in [0.1, 0.15) is 31.4 Å². The number of ether oxygens (including phenoxy) is 2. The molecule has 0 saturated carbocycles. The van der Waals surface area contributed by atoms with Gasteiger partial charge in [0, 0.05) is 38.3 Å². The van der Waals surface area contributed by atoms with Crippen molar-refractivity contribution in [1.29, 1.82) is 0 Å². The van der Waals surface area contributed by atoms with Crippen molar-refractivity contribution >= 4 is 5.91 Å². The van der Waals surface area contributed by atoms with Gasteiger partial charge in [0.1, 0.15) is 17.2 Å². The van der Waals surface area contributed by atoms with Gasteiger partial charge in [-0.15, -0.1) is 0 Å². The quantitative estimate of drug-likeness (QED) is 0.864. The van der Waals surface area contributed by atoms with Crippen molar-refractivity contribution < 1.29 is 14.3 Å². The maximum absolute atomic E-state index is 11.7. The lowest BCUT2D eigenvalue weighted by Crippen LogP contribution is -2.38. The smallest absolute Gasteiger partial charge is 0.241 e. The van der Waals surface area contributed by atoms with Gasteiger partial charge in [0.05, 0.1) is 7.11 Å². The molecule has 24 heavy (non-hydrogen) atoms. The predicted molar refractivity (Wildman–Crippen MR) is 89.3 cm³/mol. The molecule has 0 radical (unpaired) electrons. The Bertz CT molecular complexity index is 703. The van der Waals surface area contributed by atoms with E-state index in [1.54, 1.807) is 26.4 Å². The lowest BCUT2D eigenvalue weighted by atomic mass is 9.94. The second-order valence-electron chi connectivity index (χ2n) is 5.83. The molecule has 1 saturated heterocycles. The molecule has 6 heteroatoms. The summed E-state index contributed by atoms with van der Waals surface area (Å²) in [5.41, 5.74) is 0.805. The van der Waals surface area contributed by atoms with Gasteiger partial charge in [0.15, 0.2) is 0 Å². The van der Waals surface area contributed by atoms with E-state index in [4.69, 9.17) is 9.47 Å². The van der Waals surface area contributed by atoms with Crippen molar-refractivity contribution in [3.63, 3.8) is 0 Å². The zero-order valence-corrected chi connectivity index (χ0v) is 13.9. The van der Waals surface area contributed by atoms with Gasteiger partial charge in [-0.25, -0.2) is 4.98 Å². The number of carbonyl (C=O) groups is 1. The highest BCUT2D eigenvalue weighted by Gasteiger charge is 2.27. The summed E-state index contributed by atoms with van der Waals surface area (Å²) in [6.07, 6.45) is 5.22. The van der Waals surface area contributed by atoms with Crippen molar-refractivity contribution in [2.24, 2.45) is 0 Å². The molecular weight excluding hydrogens is 306 g/mol. The first-order chi connectivity index (χ1) is 11.7. The first-order valence-electron chi connectivity index (χ1n) is 8.05. The van der Waals surface area contributed by atoms with E-state index in [9.17, 15) is 4.79 Å². The van der Waals surface area contributed by atoms with Gasteiger partial charge < -0.3 is 14.4 Å². The number of likely N-dealkylation sites (tertiary alicyclic amines) is 1. The largest absolute Gasteiger partial charge is 0.497 e. The molecule has 0 spiro atoms. The van der Waals surface area contributed by atoms with Crippen LogP contribution in [0.4, 0.5) is 0 Å². The number of hydrogen-bond acceptors (Lipinski definition) is 5. The number of methoxy groups -OCH3 is 1. The van der Waals surface area contributed by atoms with Gasteiger partial charge in [0.2, 0.25) is 11.8 Å². The molecule has 126 valence electrons. The average molecular weight is 327 g/mol. The van der Waals surface area contributed by atoms with Gasteiger partial charge in [-0.05, 0) is 37.1 Å². The van der Waals surface area contributed by atoms with Crippen LogP contribution in [-0.2, 0) is 4.79 Å². The van der Waals surface area contributed by atoms with Crippen LogP contribution in [0.3, 0.4) is 0 Å². The molecule has 6 nitrogen and oxygen atoms in total. The number of nitrogens with zero attached hydrogens (tertiary/aromatic N) is 3. The lowest BCUT2D eigenvalue weighted by molar-refractivity contribution is -0.130. The van der Waals surface area contributed by atoms with E-state index in [2.05, 4.69) is 9.97 Å². The summed E-state index contributed by atoms with van der Waals surface area (Å²) in [5, 5.41) is 0. The Hall–Kier alpha value is -2.63. The molecule has 2 aromatic rings. The van der Waals surface area contributed by atoms with E-state index in [0.717, 1.165) is 30.8 Å². The highest BCUT2D eigenvalue weighted by Crippen LogP contribution is 2.32. The number of hydrogen-bond donors (Lipinski definition) is 0. The predicted octanol–water partition coefficient (Wildman–Crippen LogP) is 3.00. The Labute approximate surface area is 141 Å². The molecule has 1 fully saturated rings. The molecular formula is C18H21N3O3. The van der Waals surface area contributed by atoms with Crippen LogP contribution < -0.4 is 9.47 Å². The average Bonchev–Trinajstić information content (AvgIpc) is 2.63. The molecule has 0 aliphatic carbocycles. The fourth-order valence-electron chi connectivity index (χ4n) is 2.94. The van der Waals surface area contributed by atoms with Crippen molar-refractivity contribution in [3.8, 4) is 17.4 Å². The summed E-state index contributed by atoms with van der Waals surface area (Å²) in [6.45, 7) is 3.07. The van der Waals surface area contributed by atoms with Crippen LogP contribution in [0, 0.1) is 0 Å². The molecule has 1 atom stereocenters. The number of carbonyl (C=O) groups excluding carboxylic acids is 1. The summed E-state index contributed by atoms with van der Waals surface area (Å²) in [5.74, 6) is 2.19. The fraction of sp³-hybridized carbons (Fsp3) is 0.389. The fourth-order valence-corrected chi connectivity index (χ4v) is 2.94. The molecule has 0 bridgehead atoms. The lowest BCUT2D eigenvalue weighted by Gasteiger charge is -2.32. The van der Waals surface area contributed by atoms with E-state index in [1.807, 2.05) is 29.2 Å². The Morgan fingerprint density at radius 1 is 1.17 bits per heavy atom. The summed E-state index contributed by atoms with van der Waals surface area (Å²) < 4.78 is 11.1. The summed E-state index contributed by atoms with van der Waals surface area (Å²) in [7, 11) is 1.63. The summed E-state index contributed by atoms with van der Waals surface area (Å²) in [4.78, 5) is 22.3. The Morgan fingerprint density at radius 2 is 1.88 bits per heavy atom. The second-order valence-corrected chi connectivity index (χ2v) is 5.83. The van der Waals surface area contributed by atoms with Gasteiger partial charge in [-0.1, -0.05) is 0 Å². The highest BCUT2D eigenvalue weighted by atomic mass is 16.5. The monoisotopic (exact) mass is 327 g/mol. The molecule has 0 N–H and O–H groups in total. The minimum absolute atomic E-state index is 0.0983. The first kappa shape index (κ1) is 16.2. The summed E-state index contributed by atoms with van der Waals surface area (Å²) in [6, 6.07) is 7.34. The first-order valence-corrected chi connectivity index (χ1v) is 8.05. The molecule has 0 unspecified atom stereocenters. The zero-order chi connectivity index (χ0) is 16.9. The minimum atomic E-state index is 0.0983. The zero-order valence-electron chi connectivity index (χ0n) is 13.9. The third kappa shape index (κ3) is 3.64. The van der Waals surface area contributed by atoms with E-state index >= 15 is 0 Å². The third-order valence-electron chi connectivity index (χ3n) is 4.22. The minimum Gasteiger partial charge on any atom is -0.497 e. The Kier molecular flexibility index (Phi) is 4.93. The molecule has 1 aliphatic rings. The molecule has 3 rings (SSSR count). The maximum Gasteiger partial charge on any atom is 0.241 e. The van der Waals surface area contributed by atoms with Gasteiger partial charge in [0.25, 0.3) is 0 Å². The van der Waals surface area contributed by atoms with Crippen LogP contribution in [0.15, 0.2) is 36.7 Å². The Balaban J connectivity index is 1.80. The normalized spacial score (nSPS) is 17.4. The molecule has 1 aliphatic heterocycles. The molecule has 2 heterocycles. The van der Waals surface area contributed by atoms with Crippen LogP contribution in [0.25, 0.3) is 0 Å². The van der Waals surface area contributed by atoms with Gasteiger partial charge >= 0.3 is 0 Å². The van der Waals surface area contributed by atoms with E-state index in [0.29, 0.717) is 18.2 Å². The Morgan fingerprint density at radius 3 is 2.58 bits per heavy atom. The van der Waals surface area contributed by atoms with Crippen LogP contribution in [0.5, 0.6) is 17.4 Å². The van der Waals surface area contributed by atoms with Crippen molar-refractivity contribution in [2.45, 2.75) is 25.7 Å². The van der Waals surface area contributed by atoms with E-state index < -0.39 is 0 Å². The van der Waals surface area contributed by atoms with Crippen LogP contribution in [-0.4, -0.2) is 41.0 Å². The molecule has 1 aromatic carbocycles. The van der Waals surface area contributed by atoms with Crippen molar-refractivity contribution in [2.75, 3.05) is 20.2 Å². The molecule has 1 aromatic heterocycles. The maximum atomic E-state index is 11.7. The topological polar surface area (TPSA) is 64.6 Å². The van der Waals surface area contributed by atoms with Crippen LogP contribution >= 0.6 is 0 Å². The highest BCUT2D eigenvalue weighted by molar-refractivity contribution is 5.73. The number of rotatable bonds is 4. The van der Waals surface area contributed by atoms with Gasteiger partial charge in [-0.3, -0.25) is 9.78 Å². The summed E-state index contributed by atoms with van der Waals surface area (Å²) >= 11 is 0. The standard InChI is InChI=1S/C18H21N3O3/c1-13(22)21-11-3-4-14(12-21)17-18(20-10-9-19-17)24-16-7-5-15(23-2)6-8-16/h5-10,14H,3-4,11-12H2,1-2H3/t14-/m1/s1.